The van der Waals surface area contributed by atoms with Gasteiger partial charge in [0.15, 0.2) is 0 Å². The maximum atomic E-state index is 12.5. The number of benzene rings is 1. The molecule has 1 aliphatic heterocycles. The Morgan fingerprint density at radius 1 is 1.30 bits per heavy atom. The van der Waals surface area contributed by atoms with E-state index in [4.69, 9.17) is 14.6 Å². The fraction of sp³-hybridized carbons (Fsp3) is 0.529. The number of hydrogen-bond acceptors (Lipinski definition) is 4. The number of carbonyl (C=O) groups excluding carboxylic acids is 1. The van der Waals surface area contributed by atoms with E-state index in [9.17, 15) is 9.59 Å². The van der Waals surface area contributed by atoms with E-state index in [1.807, 2.05) is 24.3 Å². The van der Waals surface area contributed by atoms with Crippen molar-refractivity contribution in [3.63, 3.8) is 0 Å². The van der Waals surface area contributed by atoms with Gasteiger partial charge in [-0.1, -0.05) is 18.2 Å². The third-order valence-electron chi connectivity index (χ3n) is 4.24. The average molecular weight is 321 g/mol. The lowest BCUT2D eigenvalue weighted by Crippen LogP contribution is -2.37. The summed E-state index contributed by atoms with van der Waals surface area (Å²) in [5, 5.41) is 9.01. The summed E-state index contributed by atoms with van der Waals surface area (Å²) in [6.45, 7) is 0.458. The van der Waals surface area contributed by atoms with Crippen LogP contribution in [-0.4, -0.2) is 54.8 Å². The van der Waals surface area contributed by atoms with E-state index in [-0.39, 0.29) is 24.5 Å². The van der Waals surface area contributed by atoms with Crippen molar-refractivity contribution in [1.82, 2.24) is 4.90 Å². The molecule has 126 valence electrons. The van der Waals surface area contributed by atoms with Gasteiger partial charge in [-0.25, -0.2) is 0 Å². The Balaban J connectivity index is 1.99. The molecule has 2 atom stereocenters. The highest BCUT2D eigenvalue weighted by atomic mass is 16.5. The van der Waals surface area contributed by atoms with Crippen LogP contribution >= 0.6 is 0 Å². The molecule has 0 spiro atoms. The number of likely N-dealkylation sites (tertiary alicyclic amines) is 1. The minimum absolute atomic E-state index is 0.0401. The minimum atomic E-state index is -0.894. The number of carbonyl (C=O) groups is 2. The van der Waals surface area contributed by atoms with E-state index in [1.165, 1.54) is 0 Å². The van der Waals surface area contributed by atoms with Crippen molar-refractivity contribution in [2.24, 2.45) is 0 Å². The number of ether oxygens (including phenoxy) is 2. The Bertz CT molecular complexity index is 560. The molecule has 1 aromatic rings. The highest BCUT2D eigenvalue weighted by Crippen LogP contribution is 2.25. The molecule has 1 fully saturated rings. The first-order chi connectivity index (χ1) is 11.0. The van der Waals surface area contributed by atoms with Gasteiger partial charge in [-0.15, -0.1) is 0 Å². The molecule has 1 heterocycles. The fourth-order valence-electron chi connectivity index (χ4n) is 3.04. The second kappa shape index (κ2) is 7.97. The smallest absolute Gasteiger partial charge is 0.305 e. The summed E-state index contributed by atoms with van der Waals surface area (Å²) in [4.78, 5) is 25.1. The van der Waals surface area contributed by atoms with Crippen molar-refractivity contribution in [3.8, 4) is 5.75 Å². The number of para-hydroxylation sites is 1. The van der Waals surface area contributed by atoms with Gasteiger partial charge in [0, 0.05) is 26.1 Å². The summed E-state index contributed by atoms with van der Waals surface area (Å²) in [7, 11) is 3.19. The molecule has 0 radical (unpaired) electrons. The summed E-state index contributed by atoms with van der Waals surface area (Å²) in [6, 6.07) is 7.30. The minimum Gasteiger partial charge on any atom is -0.496 e. The lowest BCUT2D eigenvalue weighted by atomic mass is 10.1. The third kappa shape index (κ3) is 4.45. The van der Waals surface area contributed by atoms with Crippen molar-refractivity contribution in [1.29, 1.82) is 0 Å². The molecule has 1 N–H and O–H groups in total. The van der Waals surface area contributed by atoms with Crippen LogP contribution in [0.2, 0.25) is 0 Å². The monoisotopic (exact) mass is 321 g/mol. The maximum Gasteiger partial charge on any atom is 0.305 e. The molecular formula is C17H23NO5. The topological polar surface area (TPSA) is 76.1 Å². The first kappa shape index (κ1) is 17.3. The number of aryl methyl sites for hydroxylation is 1. The van der Waals surface area contributed by atoms with Gasteiger partial charge in [-0.3, -0.25) is 9.59 Å². The molecular weight excluding hydrogens is 298 g/mol. The van der Waals surface area contributed by atoms with Crippen LogP contribution in [-0.2, 0) is 20.7 Å². The molecule has 1 aliphatic rings. The molecule has 1 aromatic carbocycles. The molecule has 23 heavy (non-hydrogen) atoms. The number of amides is 1. The molecule has 1 saturated heterocycles. The summed E-state index contributed by atoms with van der Waals surface area (Å²) in [5.74, 6) is -0.172. The standard InChI is InChI=1S/C17H23NO5/c1-22-14-9-13(10-17(20)21)18(11-14)16(19)8-7-12-5-3-4-6-15(12)23-2/h3-6,13-14H,7-11H2,1-2H3,(H,20,21). The van der Waals surface area contributed by atoms with Gasteiger partial charge in [-0.2, -0.15) is 0 Å². The highest BCUT2D eigenvalue weighted by Gasteiger charge is 2.36. The number of carboxylic acids is 1. The van der Waals surface area contributed by atoms with Gasteiger partial charge in [0.25, 0.3) is 0 Å². The molecule has 6 heteroatoms. The molecule has 2 unspecified atom stereocenters. The third-order valence-corrected chi connectivity index (χ3v) is 4.24. The molecule has 0 bridgehead atoms. The van der Waals surface area contributed by atoms with Crippen LogP contribution in [0.15, 0.2) is 24.3 Å². The van der Waals surface area contributed by atoms with Gasteiger partial charge < -0.3 is 19.5 Å². The van der Waals surface area contributed by atoms with Crippen LogP contribution in [0.1, 0.15) is 24.8 Å². The second-order valence-electron chi connectivity index (χ2n) is 5.70. The summed E-state index contributed by atoms with van der Waals surface area (Å²) >= 11 is 0. The van der Waals surface area contributed by atoms with Crippen LogP contribution in [0.3, 0.4) is 0 Å². The van der Waals surface area contributed by atoms with Crippen molar-refractivity contribution in [2.45, 2.75) is 37.8 Å². The highest BCUT2D eigenvalue weighted by molar-refractivity contribution is 5.78. The number of rotatable bonds is 7. The number of carboxylic acid groups (broad SMARTS) is 1. The Morgan fingerprint density at radius 3 is 2.70 bits per heavy atom. The zero-order valence-electron chi connectivity index (χ0n) is 13.5. The van der Waals surface area contributed by atoms with E-state index in [2.05, 4.69) is 0 Å². The first-order valence-corrected chi connectivity index (χ1v) is 7.71. The fourth-order valence-corrected chi connectivity index (χ4v) is 3.04. The van der Waals surface area contributed by atoms with Crippen LogP contribution in [0.4, 0.5) is 0 Å². The van der Waals surface area contributed by atoms with E-state index >= 15 is 0 Å². The Hall–Kier alpha value is -2.08. The molecule has 6 nitrogen and oxygen atoms in total. The Morgan fingerprint density at radius 2 is 2.04 bits per heavy atom. The number of hydrogen-bond donors (Lipinski definition) is 1. The quantitative estimate of drug-likeness (QED) is 0.827. The van der Waals surface area contributed by atoms with Gasteiger partial charge in [0.05, 0.1) is 19.6 Å². The largest absolute Gasteiger partial charge is 0.496 e. The molecule has 1 amide bonds. The summed E-state index contributed by atoms with van der Waals surface area (Å²) in [6.07, 6.45) is 1.34. The predicted molar refractivity (Wildman–Crippen MR) is 84.5 cm³/mol. The summed E-state index contributed by atoms with van der Waals surface area (Å²) < 4.78 is 10.6. The molecule has 0 aliphatic carbocycles. The lowest BCUT2D eigenvalue weighted by Gasteiger charge is -2.23. The number of methoxy groups -OCH3 is 2. The second-order valence-corrected chi connectivity index (χ2v) is 5.70. The Labute approximate surface area is 136 Å². The van der Waals surface area contributed by atoms with Crippen LogP contribution in [0.25, 0.3) is 0 Å². The van der Waals surface area contributed by atoms with Crippen LogP contribution in [0, 0.1) is 0 Å². The maximum absolute atomic E-state index is 12.5. The van der Waals surface area contributed by atoms with Gasteiger partial charge in [0.1, 0.15) is 5.75 Å². The van der Waals surface area contributed by atoms with Gasteiger partial charge in [-0.05, 0) is 24.5 Å². The van der Waals surface area contributed by atoms with Gasteiger partial charge in [0.2, 0.25) is 5.91 Å². The average Bonchev–Trinajstić information content (AvgIpc) is 2.95. The SMILES string of the molecule is COc1ccccc1CCC(=O)N1CC(OC)CC1CC(=O)O. The predicted octanol–water partition coefficient (Wildman–Crippen LogP) is 1.72. The Kier molecular flexibility index (Phi) is 5.98. The molecule has 0 saturated carbocycles. The van der Waals surface area contributed by atoms with Crippen molar-refractivity contribution >= 4 is 11.9 Å². The van der Waals surface area contributed by atoms with Crippen molar-refractivity contribution < 1.29 is 24.2 Å². The zero-order valence-corrected chi connectivity index (χ0v) is 13.5. The number of nitrogens with zero attached hydrogens (tertiary/aromatic N) is 1. The van der Waals surface area contributed by atoms with E-state index in [0.717, 1.165) is 11.3 Å². The van der Waals surface area contributed by atoms with E-state index in [0.29, 0.717) is 25.8 Å². The number of aliphatic carboxylic acids is 1. The van der Waals surface area contributed by atoms with E-state index in [1.54, 1.807) is 19.1 Å². The van der Waals surface area contributed by atoms with E-state index < -0.39 is 5.97 Å². The zero-order chi connectivity index (χ0) is 16.8. The van der Waals surface area contributed by atoms with Crippen LogP contribution < -0.4 is 4.74 Å². The van der Waals surface area contributed by atoms with Gasteiger partial charge >= 0.3 is 5.97 Å². The first-order valence-electron chi connectivity index (χ1n) is 7.71. The van der Waals surface area contributed by atoms with Crippen LogP contribution in [0.5, 0.6) is 5.75 Å². The van der Waals surface area contributed by atoms with Crippen molar-refractivity contribution in [3.05, 3.63) is 29.8 Å². The summed E-state index contributed by atoms with van der Waals surface area (Å²) in [5.41, 5.74) is 0.973. The molecule has 2 rings (SSSR count). The normalized spacial score (nSPS) is 20.5. The van der Waals surface area contributed by atoms with Crippen molar-refractivity contribution in [2.75, 3.05) is 20.8 Å². The molecule has 0 aromatic heterocycles. The lowest BCUT2D eigenvalue weighted by molar-refractivity contribution is -0.139.